The Bertz CT molecular complexity index is 1210. The van der Waals surface area contributed by atoms with Crippen molar-refractivity contribution in [2.24, 2.45) is 0 Å². The van der Waals surface area contributed by atoms with Crippen molar-refractivity contribution in [2.75, 3.05) is 6.54 Å². The molecule has 1 saturated heterocycles. The molecule has 1 aliphatic rings. The van der Waals surface area contributed by atoms with Gasteiger partial charge in [-0.3, -0.25) is 5.32 Å². The highest BCUT2D eigenvalue weighted by molar-refractivity contribution is 7.89. The standard InChI is InChI=1S/C23H24N2O5S/c1-16-11-12-20(19-10-6-5-9-18(16)19)31(28,29)25-23(22(26)27)21(13-14-24-23)30-15-17-7-3-2-4-8-17/h2-12,21,24-25H,13-15H2,1H3,(H,26,27)/t21-,23?/m0/s1. The third-order valence-electron chi connectivity index (χ3n) is 5.61. The van der Waals surface area contributed by atoms with Crippen LogP contribution in [0.1, 0.15) is 17.5 Å². The van der Waals surface area contributed by atoms with Crippen LogP contribution >= 0.6 is 0 Å². The van der Waals surface area contributed by atoms with Crippen molar-refractivity contribution in [3.63, 3.8) is 0 Å². The number of aryl methyl sites for hydroxylation is 1. The van der Waals surface area contributed by atoms with Gasteiger partial charge in [-0.1, -0.05) is 60.7 Å². The second kappa shape index (κ2) is 8.39. The molecular formula is C23H24N2O5S. The molecule has 0 amide bonds. The normalized spacial score (nSPS) is 21.4. The molecule has 0 radical (unpaired) electrons. The number of nitrogens with one attached hydrogen (secondary N) is 2. The molecule has 0 bridgehead atoms. The van der Waals surface area contributed by atoms with Crippen LogP contribution in [-0.2, 0) is 26.2 Å². The number of sulfonamides is 1. The maximum Gasteiger partial charge on any atom is 0.342 e. The lowest BCUT2D eigenvalue weighted by Gasteiger charge is -2.32. The molecule has 7 nitrogen and oxygen atoms in total. The van der Waals surface area contributed by atoms with Gasteiger partial charge in [-0.05, 0) is 35.9 Å². The maximum absolute atomic E-state index is 13.4. The highest BCUT2D eigenvalue weighted by Gasteiger charge is 2.53. The van der Waals surface area contributed by atoms with E-state index in [1.165, 1.54) is 6.07 Å². The van der Waals surface area contributed by atoms with Gasteiger partial charge in [0.15, 0.2) is 0 Å². The zero-order chi connectivity index (χ0) is 22.1. The number of carboxylic acids is 1. The number of benzene rings is 3. The maximum atomic E-state index is 13.4. The van der Waals surface area contributed by atoms with Crippen LogP contribution in [0.4, 0.5) is 0 Å². The SMILES string of the molecule is Cc1ccc(S(=O)(=O)NC2(C(=O)O)NCC[C@@H]2OCc2ccccc2)c2ccccc12. The zero-order valence-corrected chi connectivity index (χ0v) is 17.9. The summed E-state index contributed by atoms with van der Waals surface area (Å²) in [5, 5.41) is 14.2. The highest BCUT2D eigenvalue weighted by atomic mass is 32.2. The summed E-state index contributed by atoms with van der Waals surface area (Å²) in [6, 6.07) is 19.7. The number of fused-ring (bicyclic) bond motifs is 1. The summed E-state index contributed by atoms with van der Waals surface area (Å²) in [4.78, 5) is 12.3. The van der Waals surface area contributed by atoms with Crippen LogP contribution in [0.5, 0.6) is 0 Å². The summed E-state index contributed by atoms with van der Waals surface area (Å²) in [5.74, 6) is -1.33. The Morgan fingerprint density at radius 1 is 1.10 bits per heavy atom. The fourth-order valence-corrected chi connectivity index (χ4v) is 5.53. The first-order chi connectivity index (χ1) is 14.8. The van der Waals surface area contributed by atoms with Gasteiger partial charge >= 0.3 is 5.97 Å². The predicted octanol–water partition coefficient (Wildman–Crippen LogP) is 2.79. The first kappa shape index (κ1) is 21.5. The molecule has 3 aromatic carbocycles. The number of carboxylic acid groups (broad SMARTS) is 1. The minimum atomic E-state index is -4.18. The Kier molecular flexibility index (Phi) is 5.81. The molecule has 8 heteroatoms. The van der Waals surface area contributed by atoms with Gasteiger partial charge in [-0.2, -0.15) is 4.72 Å². The van der Waals surface area contributed by atoms with Gasteiger partial charge in [0.2, 0.25) is 15.7 Å². The quantitative estimate of drug-likeness (QED) is 0.522. The van der Waals surface area contributed by atoms with E-state index >= 15 is 0 Å². The fourth-order valence-electron chi connectivity index (χ4n) is 3.99. The second-order valence-electron chi connectivity index (χ2n) is 7.65. The molecule has 1 aliphatic heterocycles. The summed E-state index contributed by atoms with van der Waals surface area (Å²) < 4.78 is 35.0. The van der Waals surface area contributed by atoms with Gasteiger partial charge in [0.1, 0.15) is 6.10 Å². The Labute approximate surface area is 181 Å². The number of rotatable bonds is 7. The molecule has 1 fully saturated rings. The third kappa shape index (κ3) is 4.07. The van der Waals surface area contributed by atoms with Crippen LogP contribution in [0.3, 0.4) is 0 Å². The van der Waals surface area contributed by atoms with E-state index in [-0.39, 0.29) is 11.5 Å². The number of aliphatic carboxylic acids is 1. The summed E-state index contributed by atoms with van der Waals surface area (Å²) in [6.45, 7) is 2.39. The molecule has 1 heterocycles. The molecule has 3 aromatic rings. The molecule has 4 rings (SSSR count). The van der Waals surface area contributed by atoms with Gasteiger partial charge in [-0.25, -0.2) is 13.2 Å². The number of ether oxygens (including phenoxy) is 1. The van der Waals surface area contributed by atoms with E-state index < -0.39 is 27.8 Å². The van der Waals surface area contributed by atoms with Crippen LogP contribution in [0.15, 0.2) is 71.6 Å². The van der Waals surface area contributed by atoms with E-state index in [2.05, 4.69) is 10.0 Å². The molecule has 162 valence electrons. The molecular weight excluding hydrogens is 416 g/mol. The van der Waals surface area contributed by atoms with Gasteiger partial charge < -0.3 is 9.84 Å². The minimum Gasteiger partial charge on any atom is -0.479 e. The number of hydrogen-bond acceptors (Lipinski definition) is 5. The lowest BCUT2D eigenvalue weighted by molar-refractivity contribution is -0.151. The van der Waals surface area contributed by atoms with E-state index in [0.29, 0.717) is 18.4 Å². The van der Waals surface area contributed by atoms with Crippen LogP contribution < -0.4 is 10.0 Å². The minimum absolute atomic E-state index is 0.0323. The van der Waals surface area contributed by atoms with E-state index in [9.17, 15) is 18.3 Å². The third-order valence-corrected chi connectivity index (χ3v) is 7.14. The molecule has 2 atom stereocenters. The van der Waals surface area contributed by atoms with Gasteiger partial charge in [0, 0.05) is 11.9 Å². The van der Waals surface area contributed by atoms with Crippen molar-refractivity contribution in [3.05, 3.63) is 77.9 Å². The van der Waals surface area contributed by atoms with Crippen molar-refractivity contribution >= 4 is 26.8 Å². The van der Waals surface area contributed by atoms with E-state index in [4.69, 9.17) is 4.74 Å². The molecule has 0 spiro atoms. The highest BCUT2D eigenvalue weighted by Crippen LogP contribution is 2.29. The Morgan fingerprint density at radius 3 is 2.48 bits per heavy atom. The van der Waals surface area contributed by atoms with Gasteiger partial charge in [-0.15, -0.1) is 0 Å². The molecule has 0 saturated carbocycles. The molecule has 0 aromatic heterocycles. The van der Waals surface area contributed by atoms with E-state index in [1.807, 2.05) is 49.4 Å². The molecule has 3 N–H and O–H groups in total. The first-order valence-electron chi connectivity index (χ1n) is 10.00. The number of hydrogen-bond donors (Lipinski definition) is 3. The number of carbonyl (C=O) groups is 1. The Hall–Kier alpha value is -2.78. The fraction of sp³-hybridized carbons (Fsp3) is 0.261. The van der Waals surface area contributed by atoms with Crippen molar-refractivity contribution < 1.29 is 23.1 Å². The lowest BCUT2D eigenvalue weighted by Crippen LogP contribution is -2.66. The Morgan fingerprint density at radius 2 is 1.77 bits per heavy atom. The average molecular weight is 441 g/mol. The zero-order valence-electron chi connectivity index (χ0n) is 17.0. The second-order valence-corrected chi connectivity index (χ2v) is 9.30. The smallest absolute Gasteiger partial charge is 0.342 e. The monoisotopic (exact) mass is 440 g/mol. The molecule has 31 heavy (non-hydrogen) atoms. The van der Waals surface area contributed by atoms with Crippen molar-refractivity contribution in [2.45, 2.75) is 36.6 Å². The summed E-state index contributed by atoms with van der Waals surface area (Å²) >= 11 is 0. The Balaban J connectivity index is 1.67. The molecule has 0 aliphatic carbocycles. The van der Waals surface area contributed by atoms with Crippen LogP contribution in [-0.4, -0.2) is 37.8 Å². The average Bonchev–Trinajstić information content (AvgIpc) is 3.16. The van der Waals surface area contributed by atoms with Crippen molar-refractivity contribution in [1.82, 2.24) is 10.0 Å². The lowest BCUT2D eigenvalue weighted by atomic mass is 10.1. The van der Waals surface area contributed by atoms with Crippen molar-refractivity contribution in [1.29, 1.82) is 0 Å². The van der Waals surface area contributed by atoms with Gasteiger partial charge in [0.25, 0.3) is 0 Å². The van der Waals surface area contributed by atoms with E-state index in [1.54, 1.807) is 18.2 Å². The van der Waals surface area contributed by atoms with Crippen LogP contribution in [0.2, 0.25) is 0 Å². The molecule has 1 unspecified atom stereocenters. The first-order valence-corrected chi connectivity index (χ1v) is 11.5. The largest absolute Gasteiger partial charge is 0.479 e. The van der Waals surface area contributed by atoms with Crippen LogP contribution in [0.25, 0.3) is 10.8 Å². The topological polar surface area (TPSA) is 105 Å². The summed E-state index contributed by atoms with van der Waals surface area (Å²) in [6.07, 6.45) is -0.521. The predicted molar refractivity (Wildman–Crippen MR) is 117 cm³/mol. The van der Waals surface area contributed by atoms with Crippen molar-refractivity contribution in [3.8, 4) is 0 Å². The summed E-state index contributed by atoms with van der Waals surface area (Å²) in [7, 11) is -4.18. The summed E-state index contributed by atoms with van der Waals surface area (Å²) in [5.41, 5.74) is -0.147. The van der Waals surface area contributed by atoms with Gasteiger partial charge in [0.05, 0.1) is 11.5 Å². The van der Waals surface area contributed by atoms with Crippen LogP contribution in [0, 0.1) is 6.92 Å². The van der Waals surface area contributed by atoms with E-state index in [0.717, 1.165) is 16.5 Å².